The molecule has 1 aromatic heterocycles. The van der Waals surface area contributed by atoms with E-state index in [-0.39, 0.29) is 0 Å². The minimum Gasteiger partial charge on any atom is -0.303 e. The molecule has 2 aliphatic heterocycles. The normalized spacial score (nSPS) is 26.2. The number of likely N-dealkylation sites (tertiary alicyclic amines) is 2. The van der Waals surface area contributed by atoms with E-state index in [0.29, 0.717) is 6.04 Å². The average Bonchev–Trinajstić information content (AvgIpc) is 2.97. The van der Waals surface area contributed by atoms with Crippen LogP contribution in [0, 0.1) is 6.92 Å². The van der Waals surface area contributed by atoms with E-state index < -0.39 is 0 Å². The molecule has 1 atom stereocenters. The van der Waals surface area contributed by atoms with Gasteiger partial charge >= 0.3 is 0 Å². The fourth-order valence-corrected chi connectivity index (χ4v) is 3.77. The van der Waals surface area contributed by atoms with Gasteiger partial charge in [-0.25, -0.2) is 9.97 Å². The van der Waals surface area contributed by atoms with Gasteiger partial charge in [-0.3, -0.25) is 4.90 Å². The van der Waals surface area contributed by atoms with Crippen molar-refractivity contribution < 1.29 is 0 Å². The Balaban J connectivity index is 1.70. The van der Waals surface area contributed by atoms with E-state index in [1.807, 2.05) is 13.1 Å². The van der Waals surface area contributed by atoms with Crippen molar-refractivity contribution in [2.45, 2.75) is 51.6 Å². The molecule has 0 aliphatic carbocycles. The third-order valence-electron chi connectivity index (χ3n) is 4.91. The van der Waals surface area contributed by atoms with E-state index in [1.165, 1.54) is 57.6 Å². The molecule has 4 heteroatoms. The third kappa shape index (κ3) is 2.86. The monoisotopic (exact) mass is 274 g/mol. The molecule has 110 valence electrons. The molecule has 0 N–H and O–H groups in total. The molecule has 0 bridgehead atoms. The second-order valence-electron chi connectivity index (χ2n) is 6.09. The number of aryl methyl sites for hydroxylation is 1. The molecule has 0 amide bonds. The highest BCUT2D eigenvalue weighted by Gasteiger charge is 2.34. The molecule has 0 spiro atoms. The maximum atomic E-state index is 4.67. The molecule has 0 aromatic carbocycles. The van der Waals surface area contributed by atoms with Gasteiger partial charge in [-0.1, -0.05) is 6.92 Å². The van der Waals surface area contributed by atoms with E-state index in [0.717, 1.165) is 11.9 Å². The second-order valence-corrected chi connectivity index (χ2v) is 6.09. The largest absolute Gasteiger partial charge is 0.303 e. The van der Waals surface area contributed by atoms with Gasteiger partial charge in [-0.2, -0.15) is 0 Å². The number of nitrogens with zero attached hydrogens (tertiary/aromatic N) is 4. The van der Waals surface area contributed by atoms with E-state index in [4.69, 9.17) is 0 Å². The third-order valence-corrected chi connectivity index (χ3v) is 4.91. The first-order valence-corrected chi connectivity index (χ1v) is 8.05. The first-order valence-electron chi connectivity index (χ1n) is 8.05. The van der Waals surface area contributed by atoms with E-state index in [1.54, 1.807) is 0 Å². The van der Waals surface area contributed by atoms with Gasteiger partial charge < -0.3 is 4.90 Å². The Hall–Kier alpha value is -1.00. The summed E-state index contributed by atoms with van der Waals surface area (Å²) in [4.78, 5) is 14.2. The summed E-state index contributed by atoms with van der Waals surface area (Å²) in [5, 5.41) is 0. The Kier molecular flexibility index (Phi) is 4.32. The molecule has 1 unspecified atom stereocenters. The van der Waals surface area contributed by atoms with Crippen molar-refractivity contribution in [3.63, 3.8) is 0 Å². The summed E-state index contributed by atoms with van der Waals surface area (Å²) in [6.45, 7) is 9.21. The molecule has 3 heterocycles. The maximum Gasteiger partial charge on any atom is 0.125 e. The molecule has 2 aliphatic rings. The smallest absolute Gasteiger partial charge is 0.125 e. The van der Waals surface area contributed by atoms with Gasteiger partial charge in [-0.05, 0) is 64.9 Å². The van der Waals surface area contributed by atoms with Crippen molar-refractivity contribution in [3.8, 4) is 0 Å². The van der Waals surface area contributed by atoms with Crippen LogP contribution in [0.4, 0.5) is 0 Å². The molecule has 4 nitrogen and oxygen atoms in total. The van der Waals surface area contributed by atoms with Crippen LogP contribution in [0.25, 0.3) is 0 Å². The lowest BCUT2D eigenvalue weighted by atomic mass is 10.0. The minimum atomic E-state index is 0.523. The van der Waals surface area contributed by atoms with Crippen molar-refractivity contribution in [2.75, 3.05) is 26.2 Å². The highest BCUT2D eigenvalue weighted by molar-refractivity contribution is 5.10. The van der Waals surface area contributed by atoms with Gasteiger partial charge in [0, 0.05) is 12.2 Å². The van der Waals surface area contributed by atoms with Gasteiger partial charge in [0.2, 0.25) is 0 Å². The van der Waals surface area contributed by atoms with Gasteiger partial charge in [0.05, 0.1) is 11.7 Å². The number of rotatable bonds is 3. The summed E-state index contributed by atoms with van der Waals surface area (Å²) in [6, 6.07) is 3.38. The molecule has 1 aromatic rings. The highest BCUT2D eigenvalue weighted by atomic mass is 15.2. The van der Waals surface area contributed by atoms with Crippen LogP contribution in [0.2, 0.25) is 0 Å². The van der Waals surface area contributed by atoms with Gasteiger partial charge in [0.25, 0.3) is 0 Å². The fourth-order valence-electron chi connectivity index (χ4n) is 3.77. The summed E-state index contributed by atoms with van der Waals surface area (Å²) >= 11 is 0. The predicted molar refractivity (Wildman–Crippen MR) is 80.6 cm³/mol. The van der Waals surface area contributed by atoms with Crippen molar-refractivity contribution in [1.82, 2.24) is 19.8 Å². The van der Waals surface area contributed by atoms with E-state index in [9.17, 15) is 0 Å². The quantitative estimate of drug-likeness (QED) is 0.847. The Bertz CT molecular complexity index is 440. The van der Waals surface area contributed by atoms with Gasteiger partial charge in [-0.15, -0.1) is 0 Å². The zero-order chi connectivity index (χ0) is 13.9. The fraction of sp³-hybridized carbons (Fsp3) is 0.750. The first-order chi connectivity index (χ1) is 9.78. The second kappa shape index (κ2) is 6.19. The van der Waals surface area contributed by atoms with Crippen LogP contribution < -0.4 is 0 Å². The SMILES string of the molecule is CCN1CCC(N2CCCC2c2ccnc(C)n2)CC1. The summed E-state index contributed by atoms with van der Waals surface area (Å²) in [5.74, 6) is 0.898. The Morgan fingerprint density at radius 3 is 2.70 bits per heavy atom. The zero-order valence-corrected chi connectivity index (χ0v) is 12.8. The molecule has 3 rings (SSSR count). The van der Waals surface area contributed by atoms with Crippen LogP contribution in [0.1, 0.15) is 50.2 Å². The number of hydrogen-bond donors (Lipinski definition) is 0. The van der Waals surface area contributed by atoms with Gasteiger partial charge in [0.15, 0.2) is 0 Å². The number of hydrogen-bond acceptors (Lipinski definition) is 4. The van der Waals surface area contributed by atoms with Crippen LogP contribution in [0.15, 0.2) is 12.3 Å². The molecular weight excluding hydrogens is 248 g/mol. The van der Waals surface area contributed by atoms with E-state index in [2.05, 4.69) is 32.8 Å². The van der Waals surface area contributed by atoms with E-state index >= 15 is 0 Å². The number of aromatic nitrogens is 2. The van der Waals surface area contributed by atoms with Crippen LogP contribution >= 0.6 is 0 Å². The Morgan fingerprint density at radius 1 is 1.20 bits per heavy atom. The lowest BCUT2D eigenvalue weighted by Crippen LogP contribution is -2.44. The van der Waals surface area contributed by atoms with Crippen molar-refractivity contribution >= 4 is 0 Å². The van der Waals surface area contributed by atoms with Crippen LogP contribution in [-0.4, -0.2) is 52.0 Å². The van der Waals surface area contributed by atoms with Crippen molar-refractivity contribution in [1.29, 1.82) is 0 Å². The Morgan fingerprint density at radius 2 is 2.00 bits per heavy atom. The summed E-state index contributed by atoms with van der Waals surface area (Å²) < 4.78 is 0. The molecule has 2 saturated heterocycles. The van der Waals surface area contributed by atoms with Gasteiger partial charge in [0.1, 0.15) is 5.82 Å². The topological polar surface area (TPSA) is 32.3 Å². The van der Waals surface area contributed by atoms with Crippen LogP contribution in [0.3, 0.4) is 0 Å². The Labute approximate surface area is 122 Å². The molecular formula is C16H26N4. The van der Waals surface area contributed by atoms with Crippen LogP contribution in [-0.2, 0) is 0 Å². The lowest BCUT2D eigenvalue weighted by Gasteiger charge is -2.39. The van der Waals surface area contributed by atoms with Crippen molar-refractivity contribution in [2.24, 2.45) is 0 Å². The molecule has 20 heavy (non-hydrogen) atoms. The minimum absolute atomic E-state index is 0.523. The lowest BCUT2D eigenvalue weighted by molar-refractivity contribution is 0.0997. The molecule has 0 saturated carbocycles. The summed E-state index contributed by atoms with van der Waals surface area (Å²) in [6.07, 6.45) is 7.10. The summed E-state index contributed by atoms with van der Waals surface area (Å²) in [5.41, 5.74) is 1.23. The van der Waals surface area contributed by atoms with Crippen molar-refractivity contribution in [3.05, 3.63) is 23.8 Å². The van der Waals surface area contributed by atoms with Crippen LogP contribution in [0.5, 0.6) is 0 Å². The highest BCUT2D eigenvalue weighted by Crippen LogP contribution is 2.35. The predicted octanol–water partition coefficient (Wildman–Crippen LogP) is 2.41. The first kappa shape index (κ1) is 14.0. The molecule has 0 radical (unpaired) electrons. The molecule has 2 fully saturated rings. The standard InChI is InChI=1S/C16H26N4/c1-3-19-11-7-14(8-12-19)20-10-4-5-16(20)15-6-9-17-13(2)18-15/h6,9,14,16H,3-5,7-8,10-12H2,1-2H3. The zero-order valence-electron chi connectivity index (χ0n) is 12.8. The number of piperidine rings is 1. The maximum absolute atomic E-state index is 4.67. The average molecular weight is 274 g/mol. The summed E-state index contributed by atoms with van der Waals surface area (Å²) in [7, 11) is 0.